The zero-order valence-corrected chi connectivity index (χ0v) is 11.4. The summed E-state index contributed by atoms with van der Waals surface area (Å²) in [6.07, 6.45) is 3.37. The smallest absolute Gasteiger partial charge is 0.213 e. The molecular formula is C11H18N4O2S. The molecule has 1 aliphatic rings. The standard InChI is InChI=1S/C11H18N4O2S/c1-3-18(16,17)15-7-10(8-15)5-13-11-6-12-4-9(2)14-11/h4,6,10H,3,5,7-8H2,1-2H3,(H,13,14). The van der Waals surface area contributed by atoms with E-state index in [4.69, 9.17) is 0 Å². The van der Waals surface area contributed by atoms with Crippen molar-refractivity contribution in [3.05, 3.63) is 18.1 Å². The van der Waals surface area contributed by atoms with Crippen molar-refractivity contribution < 1.29 is 8.42 Å². The van der Waals surface area contributed by atoms with E-state index in [2.05, 4.69) is 15.3 Å². The van der Waals surface area contributed by atoms with Crippen molar-refractivity contribution in [1.29, 1.82) is 0 Å². The van der Waals surface area contributed by atoms with E-state index in [1.54, 1.807) is 19.3 Å². The molecule has 1 N–H and O–H groups in total. The summed E-state index contributed by atoms with van der Waals surface area (Å²) < 4.78 is 24.6. The van der Waals surface area contributed by atoms with Gasteiger partial charge in [-0.15, -0.1) is 0 Å². The average molecular weight is 270 g/mol. The third kappa shape index (κ3) is 2.97. The fraction of sp³-hybridized carbons (Fsp3) is 0.636. The van der Waals surface area contributed by atoms with Gasteiger partial charge in [0.25, 0.3) is 0 Å². The fourth-order valence-corrected chi connectivity index (χ4v) is 3.10. The summed E-state index contributed by atoms with van der Waals surface area (Å²) in [7, 11) is -3.01. The molecule has 0 unspecified atom stereocenters. The van der Waals surface area contributed by atoms with Crippen LogP contribution in [0.25, 0.3) is 0 Å². The van der Waals surface area contributed by atoms with Crippen LogP contribution in [-0.2, 0) is 10.0 Å². The van der Waals surface area contributed by atoms with Crippen molar-refractivity contribution in [2.75, 3.05) is 30.7 Å². The Kier molecular flexibility index (Phi) is 3.82. The maximum absolute atomic E-state index is 11.5. The van der Waals surface area contributed by atoms with Crippen LogP contribution in [0.3, 0.4) is 0 Å². The molecule has 0 aliphatic carbocycles. The molecule has 1 saturated heterocycles. The minimum atomic E-state index is -3.01. The molecule has 2 rings (SSSR count). The lowest BCUT2D eigenvalue weighted by molar-refractivity contribution is 0.212. The zero-order valence-electron chi connectivity index (χ0n) is 10.6. The summed E-state index contributed by atoms with van der Waals surface area (Å²) in [6.45, 7) is 5.49. The number of hydrogen-bond acceptors (Lipinski definition) is 5. The molecular weight excluding hydrogens is 252 g/mol. The summed E-state index contributed by atoms with van der Waals surface area (Å²) in [4.78, 5) is 8.32. The van der Waals surface area contributed by atoms with Crippen LogP contribution in [0.1, 0.15) is 12.6 Å². The van der Waals surface area contributed by atoms with Gasteiger partial charge in [-0.3, -0.25) is 4.98 Å². The van der Waals surface area contributed by atoms with Crippen molar-refractivity contribution in [3.63, 3.8) is 0 Å². The molecule has 1 aromatic heterocycles. The lowest BCUT2D eigenvalue weighted by atomic mass is 10.0. The summed E-state index contributed by atoms with van der Waals surface area (Å²) in [5, 5.41) is 3.18. The van der Waals surface area contributed by atoms with E-state index in [-0.39, 0.29) is 5.75 Å². The summed E-state index contributed by atoms with van der Waals surface area (Å²) >= 11 is 0. The molecule has 0 radical (unpaired) electrons. The quantitative estimate of drug-likeness (QED) is 0.842. The molecule has 2 heterocycles. The molecule has 1 fully saturated rings. The van der Waals surface area contributed by atoms with Gasteiger partial charge in [0.05, 0.1) is 17.6 Å². The first-order valence-electron chi connectivity index (χ1n) is 6.01. The van der Waals surface area contributed by atoms with Crippen molar-refractivity contribution in [1.82, 2.24) is 14.3 Å². The second-order valence-corrected chi connectivity index (χ2v) is 6.77. The minimum Gasteiger partial charge on any atom is -0.368 e. The molecule has 0 amide bonds. The van der Waals surface area contributed by atoms with Crippen LogP contribution in [0.15, 0.2) is 12.4 Å². The summed E-state index contributed by atoms with van der Waals surface area (Å²) in [5.41, 5.74) is 0.865. The van der Waals surface area contributed by atoms with E-state index < -0.39 is 10.0 Å². The van der Waals surface area contributed by atoms with E-state index in [1.807, 2.05) is 6.92 Å². The predicted molar refractivity (Wildman–Crippen MR) is 69.8 cm³/mol. The monoisotopic (exact) mass is 270 g/mol. The predicted octanol–water partition coefficient (Wildman–Crippen LogP) is 0.478. The maximum Gasteiger partial charge on any atom is 0.213 e. The number of nitrogens with one attached hydrogen (secondary N) is 1. The van der Waals surface area contributed by atoms with E-state index in [0.717, 1.165) is 18.1 Å². The molecule has 0 bridgehead atoms. The largest absolute Gasteiger partial charge is 0.368 e. The zero-order chi connectivity index (χ0) is 13.2. The second kappa shape index (κ2) is 5.19. The van der Waals surface area contributed by atoms with Gasteiger partial charge in [-0.1, -0.05) is 0 Å². The SMILES string of the molecule is CCS(=O)(=O)N1CC(CNc2cncc(C)n2)C1. The molecule has 0 aromatic carbocycles. The van der Waals surface area contributed by atoms with Crippen LogP contribution in [0, 0.1) is 12.8 Å². The Hall–Kier alpha value is -1.21. The normalized spacial score (nSPS) is 17.4. The molecule has 0 saturated carbocycles. The highest BCUT2D eigenvalue weighted by Gasteiger charge is 2.34. The number of rotatable bonds is 5. The number of nitrogens with zero attached hydrogens (tertiary/aromatic N) is 3. The molecule has 6 nitrogen and oxygen atoms in total. The Morgan fingerprint density at radius 3 is 2.78 bits per heavy atom. The number of aromatic nitrogens is 2. The van der Waals surface area contributed by atoms with Gasteiger partial charge in [0.1, 0.15) is 5.82 Å². The Morgan fingerprint density at radius 1 is 1.44 bits per heavy atom. The Balaban J connectivity index is 1.78. The molecule has 7 heteroatoms. The van der Waals surface area contributed by atoms with E-state index >= 15 is 0 Å². The van der Waals surface area contributed by atoms with E-state index in [1.165, 1.54) is 4.31 Å². The van der Waals surface area contributed by atoms with Gasteiger partial charge in [0, 0.05) is 31.7 Å². The average Bonchev–Trinajstić information content (AvgIpc) is 2.27. The van der Waals surface area contributed by atoms with Crippen LogP contribution in [0.5, 0.6) is 0 Å². The first-order valence-corrected chi connectivity index (χ1v) is 7.62. The first-order chi connectivity index (χ1) is 8.51. The van der Waals surface area contributed by atoms with E-state index in [0.29, 0.717) is 19.0 Å². The Morgan fingerprint density at radius 2 is 2.17 bits per heavy atom. The molecule has 0 atom stereocenters. The van der Waals surface area contributed by atoms with Gasteiger partial charge in [0.15, 0.2) is 0 Å². The molecule has 1 aliphatic heterocycles. The third-order valence-corrected chi connectivity index (χ3v) is 4.82. The van der Waals surface area contributed by atoms with Gasteiger partial charge in [-0.2, -0.15) is 0 Å². The molecule has 18 heavy (non-hydrogen) atoms. The van der Waals surface area contributed by atoms with Gasteiger partial charge in [-0.25, -0.2) is 17.7 Å². The lowest BCUT2D eigenvalue weighted by Crippen LogP contribution is -2.52. The van der Waals surface area contributed by atoms with Crippen LogP contribution in [0.4, 0.5) is 5.82 Å². The van der Waals surface area contributed by atoms with Crippen LogP contribution < -0.4 is 5.32 Å². The van der Waals surface area contributed by atoms with Crippen LogP contribution in [0.2, 0.25) is 0 Å². The highest BCUT2D eigenvalue weighted by atomic mass is 32.2. The lowest BCUT2D eigenvalue weighted by Gasteiger charge is -2.37. The second-order valence-electron chi connectivity index (χ2n) is 4.51. The maximum atomic E-state index is 11.5. The van der Waals surface area contributed by atoms with Crippen molar-refractivity contribution in [2.45, 2.75) is 13.8 Å². The summed E-state index contributed by atoms with van der Waals surface area (Å²) in [6, 6.07) is 0. The Labute approximate surface area is 107 Å². The summed E-state index contributed by atoms with van der Waals surface area (Å²) in [5.74, 6) is 1.27. The highest BCUT2D eigenvalue weighted by molar-refractivity contribution is 7.89. The third-order valence-electron chi connectivity index (χ3n) is 3.01. The first kappa shape index (κ1) is 13.2. The molecule has 0 spiro atoms. The highest BCUT2D eigenvalue weighted by Crippen LogP contribution is 2.20. The number of anilines is 1. The van der Waals surface area contributed by atoms with Crippen LogP contribution >= 0.6 is 0 Å². The van der Waals surface area contributed by atoms with Gasteiger partial charge < -0.3 is 5.32 Å². The number of hydrogen-bond donors (Lipinski definition) is 1. The fourth-order valence-electron chi connectivity index (χ4n) is 1.86. The van der Waals surface area contributed by atoms with E-state index in [9.17, 15) is 8.42 Å². The van der Waals surface area contributed by atoms with Gasteiger partial charge in [0.2, 0.25) is 10.0 Å². The topological polar surface area (TPSA) is 75.2 Å². The molecule has 1 aromatic rings. The minimum absolute atomic E-state index is 0.177. The van der Waals surface area contributed by atoms with Crippen molar-refractivity contribution in [3.8, 4) is 0 Å². The van der Waals surface area contributed by atoms with Gasteiger partial charge in [-0.05, 0) is 13.8 Å². The van der Waals surface area contributed by atoms with Crippen LogP contribution in [-0.4, -0.2) is 48.1 Å². The Bertz CT molecular complexity index is 512. The number of sulfonamides is 1. The molecule has 100 valence electrons. The number of aryl methyl sites for hydroxylation is 1. The van der Waals surface area contributed by atoms with Crippen molar-refractivity contribution >= 4 is 15.8 Å². The van der Waals surface area contributed by atoms with Gasteiger partial charge >= 0.3 is 0 Å². The van der Waals surface area contributed by atoms with Crippen molar-refractivity contribution in [2.24, 2.45) is 5.92 Å².